The predicted molar refractivity (Wildman–Crippen MR) is 72.1 cm³/mol. The zero-order valence-electron chi connectivity index (χ0n) is 12.3. The van der Waals surface area contributed by atoms with Crippen molar-refractivity contribution < 1.29 is 24.0 Å². The molecule has 0 aliphatic heterocycles. The average molecular weight is 344 g/mol. The van der Waals surface area contributed by atoms with Crippen LogP contribution in [0.2, 0.25) is 0 Å². The van der Waals surface area contributed by atoms with Crippen molar-refractivity contribution in [2.24, 2.45) is 0 Å². The lowest BCUT2D eigenvalue weighted by atomic mass is 10.2. The molecule has 0 aromatic carbocycles. The van der Waals surface area contributed by atoms with E-state index in [1.54, 1.807) is 0 Å². The van der Waals surface area contributed by atoms with Gasteiger partial charge in [-0.25, -0.2) is 0 Å². The number of rotatable bonds is 0. The molecule has 0 rings (SSSR count). The van der Waals surface area contributed by atoms with Crippen molar-refractivity contribution >= 4 is 7.26 Å². The Balaban J connectivity index is 0. The van der Waals surface area contributed by atoms with Crippen LogP contribution in [-0.4, -0.2) is 22.1 Å². The minimum atomic E-state index is -1.02. The highest BCUT2D eigenvalue weighted by Crippen LogP contribution is 2.80. The van der Waals surface area contributed by atoms with Crippen molar-refractivity contribution in [3.8, 4) is 0 Å². The monoisotopic (exact) mass is 344 g/mol. The van der Waals surface area contributed by atoms with Crippen LogP contribution in [0, 0.1) is 0 Å². The Hall–Kier alpha value is 1.16. The molecule has 0 N–H and O–H groups in total. The van der Waals surface area contributed by atoms with Crippen LogP contribution in [0.15, 0.2) is 0 Å². The maximum absolute atomic E-state index is 2.55. The van der Waals surface area contributed by atoms with Gasteiger partial charge in [0.1, 0.15) is 0 Å². The zero-order valence-corrected chi connectivity index (χ0v) is 15.4. The minimum absolute atomic E-state index is 0. The third kappa shape index (κ3) is 3.31. The maximum Gasteiger partial charge on any atom is 0.0723 e. The lowest BCUT2D eigenvalue weighted by molar-refractivity contribution is -0.00000425. The molecule has 0 unspecified atom stereocenters. The highest BCUT2D eigenvalue weighted by atomic mass is 127. The van der Waals surface area contributed by atoms with Crippen molar-refractivity contribution in [2.45, 2.75) is 77.8 Å². The van der Waals surface area contributed by atoms with Gasteiger partial charge in [0.05, 0.1) is 22.1 Å². The van der Waals surface area contributed by atoms with Crippen LogP contribution in [0.1, 0.15) is 62.3 Å². The second-order valence-electron chi connectivity index (χ2n) is 7.52. The first-order valence-electron chi connectivity index (χ1n) is 5.62. The van der Waals surface area contributed by atoms with Crippen LogP contribution in [0.3, 0.4) is 0 Å². The molecule has 0 amide bonds. The molecule has 0 heterocycles. The van der Waals surface area contributed by atoms with Gasteiger partial charge < -0.3 is 24.0 Å². The fourth-order valence-corrected chi connectivity index (χ4v) is 9.06. The Morgan fingerprint density at radius 1 is 0.533 bits per heavy atom. The Morgan fingerprint density at radius 3 is 0.667 bits per heavy atom. The van der Waals surface area contributed by atoms with Gasteiger partial charge in [-0.15, -0.1) is 0 Å². The summed E-state index contributed by atoms with van der Waals surface area (Å²) in [5.74, 6) is 0. The van der Waals surface area contributed by atoms with E-state index in [2.05, 4.69) is 69.0 Å². The first-order valence-corrected chi connectivity index (χ1v) is 7.85. The molecule has 94 valence electrons. The molecule has 2 heteroatoms. The summed E-state index contributed by atoms with van der Waals surface area (Å²) >= 11 is 0. The van der Waals surface area contributed by atoms with E-state index in [4.69, 9.17) is 0 Å². The van der Waals surface area contributed by atoms with Crippen molar-refractivity contribution in [3.63, 3.8) is 0 Å². The van der Waals surface area contributed by atoms with E-state index in [1.165, 1.54) is 0 Å². The molecule has 0 atom stereocenters. The van der Waals surface area contributed by atoms with E-state index in [0.29, 0.717) is 15.5 Å². The summed E-state index contributed by atoms with van der Waals surface area (Å²) in [5.41, 5.74) is 0. The highest BCUT2D eigenvalue weighted by Gasteiger charge is 2.60. The average Bonchev–Trinajstić information content (AvgIpc) is 1.77. The van der Waals surface area contributed by atoms with Gasteiger partial charge in [0.15, 0.2) is 0 Å². The summed E-state index contributed by atoms with van der Waals surface area (Å²) in [4.78, 5) is 0. The van der Waals surface area contributed by atoms with Gasteiger partial charge >= 0.3 is 0 Å². The molecule has 15 heavy (non-hydrogen) atoms. The van der Waals surface area contributed by atoms with Crippen molar-refractivity contribution in [1.82, 2.24) is 0 Å². The highest BCUT2D eigenvalue weighted by molar-refractivity contribution is 7.79. The van der Waals surface area contributed by atoms with Gasteiger partial charge in [-0.1, -0.05) is 0 Å². The Labute approximate surface area is 115 Å². The molecule has 0 radical (unpaired) electrons. The molecule has 0 aliphatic rings. The lowest BCUT2D eigenvalue weighted by Crippen LogP contribution is -3.00. The zero-order chi connectivity index (χ0) is 12.0. The third-order valence-electron chi connectivity index (χ3n) is 4.02. The van der Waals surface area contributed by atoms with Crippen LogP contribution >= 0.6 is 7.26 Å². The summed E-state index contributed by atoms with van der Waals surface area (Å²) in [6, 6.07) is 0. The second kappa shape index (κ2) is 4.80. The number of hydrogen-bond donors (Lipinski definition) is 0. The molecular formula is C13H30IP. The molecule has 0 aromatic heterocycles. The van der Waals surface area contributed by atoms with Crippen LogP contribution in [0.25, 0.3) is 0 Å². The van der Waals surface area contributed by atoms with Gasteiger partial charge in [-0.05, 0) is 62.3 Å². The standard InChI is InChI=1S/C13H30P.HI/c1-11(2,3)14(10,12(4,5)6)13(7,8)9;/h1-10H3;1H/q+1;/p-1. The topological polar surface area (TPSA) is 0 Å². The van der Waals surface area contributed by atoms with Gasteiger partial charge in [0, 0.05) is 7.26 Å². The maximum atomic E-state index is 2.55. The molecular weight excluding hydrogens is 314 g/mol. The van der Waals surface area contributed by atoms with Gasteiger partial charge in [-0.3, -0.25) is 0 Å². The quantitative estimate of drug-likeness (QED) is 0.466. The van der Waals surface area contributed by atoms with Crippen LogP contribution in [-0.2, 0) is 0 Å². The van der Waals surface area contributed by atoms with E-state index in [1.807, 2.05) is 0 Å². The molecule has 0 aliphatic carbocycles. The van der Waals surface area contributed by atoms with Crippen LogP contribution in [0.4, 0.5) is 0 Å². The molecule has 0 saturated heterocycles. The number of hydrogen-bond acceptors (Lipinski definition) is 0. The van der Waals surface area contributed by atoms with Gasteiger partial charge in [0.2, 0.25) is 0 Å². The van der Waals surface area contributed by atoms with Crippen LogP contribution < -0.4 is 24.0 Å². The predicted octanol–water partition coefficient (Wildman–Crippen LogP) is 2.03. The Morgan fingerprint density at radius 2 is 0.667 bits per heavy atom. The largest absolute Gasteiger partial charge is 1.00 e. The summed E-state index contributed by atoms with van der Waals surface area (Å²) in [7, 11) is -1.02. The van der Waals surface area contributed by atoms with E-state index < -0.39 is 7.26 Å². The van der Waals surface area contributed by atoms with E-state index >= 15 is 0 Å². The second-order valence-corrected chi connectivity index (χ2v) is 13.6. The van der Waals surface area contributed by atoms with Crippen molar-refractivity contribution in [2.75, 3.05) is 6.66 Å². The Kier molecular flexibility index (Phi) is 5.93. The first kappa shape index (κ1) is 18.5. The third-order valence-corrected chi connectivity index (χ3v) is 12.1. The smallest absolute Gasteiger partial charge is 0.0723 e. The normalized spacial score (nSPS) is 14.8. The summed E-state index contributed by atoms with van der Waals surface area (Å²) in [5, 5.41) is 1.30. The fourth-order valence-electron chi connectivity index (χ4n) is 3.02. The molecule has 0 fully saturated rings. The first-order chi connectivity index (χ1) is 5.75. The lowest BCUT2D eigenvalue weighted by Gasteiger charge is -2.52. The van der Waals surface area contributed by atoms with Gasteiger partial charge in [-0.2, -0.15) is 0 Å². The Bertz CT molecular complexity index is 164. The van der Waals surface area contributed by atoms with E-state index in [9.17, 15) is 0 Å². The number of halogens is 1. The summed E-state index contributed by atoms with van der Waals surface area (Å²) in [6.45, 7) is 24.3. The SMILES string of the molecule is CC(C)(C)[P+](C)(C(C)(C)C)C(C)(C)C.[I-]. The fraction of sp³-hybridized carbons (Fsp3) is 1.00. The van der Waals surface area contributed by atoms with Crippen LogP contribution in [0.5, 0.6) is 0 Å². The van der Waals surface area contributed by atoms with E-state index in [-0.39, 0.29) is 24.0 Å². The minimum Gasteiger partial charge on any atom is -1.00 e. The van der Waals surface area contributed by atoms with Gasteiger partial charge in [0.25, 0.3) is 0 Å². The summed E-state index contributed by atoms with van der Waals surface area (Å²) in [6.07, 6.45) is 0. The van der Waals surface area contributed by atoms with Crippen molar-refractivity contribution in [1.29, 1.82) is 0 Å². The summed E-state index contributed by atoms with van der Waals surface area (Å²) < 4.78 is 0. The molecule has 0 spiro atoms. The van der Waals surface area contributed by atoms with E-state index in [0.717, 1.165) is 0 Å². The van der Waals surface area contributed by atoms with Crippen molar-refractivity contribution in [3.05, 3.63) is 0 Å². The molecule has 0 bridgehead atoms. The molecule has 0 nitrogen and oxygen atoms in total. The molecule has 0 aromatic rings. The molecule has 0 saturated carbocycles.